The minimum Gasteiger partial charge on any atom is -0.479 e. The lowest BCUT2D eigenvalue weighted by Crippen LogP contribution is -2.37. The minimum atomic E-state index is -4.65. The number of benzene rings is 1. The molecule has 0 saturated carbocycles. The monoisotopic (exact) mass is 299 g/mol. The van der Waals surface area contributed by atoms with Crippen LogP contribution in [0.5, 0.6) is 6.01 Å². The van der Waals surface area contributed by atoms with Gasteiger partial charge in [-0.2, -0.15) is 28.1 Å². The van der Waals surface area contributed by atoms with Crippen LogP contribution in [0.1, 0.15) is 11.1 Å². The number of hydrazine groups is 1. The fourth-order valence-electron chi connectivity index (χ4n) is 1.83. The van der Waals surface area contributed by atoms with Crippen LogP contribution in [0.3, 0.4) is 0 Å². The zero-order valence-electron chi connectivity index (χ0n) is 11.2. The second kappa shape index (κ2) is 5.52. The Morgan fingerprint density at radius 1 is 1.05 bits per heavy atom. The van der Waals surface area contributed by atoms with Gasteiger partial charge in [-0.05, 0) is 25.0 Å². The Bertz CT molecular complexity index is 640. The van der Waals surface area contributed by atoms with Crippen molar-refractivity contribution in [2.45, 2.75) is 20.1 Å². The molecule has 2 aromatic rings. The molecule has 21 heavy (non-hydrogen) atoms. The van der Waals surface area contributed by atoms with Gasteiger partial charge in [0.2, 0.25) is 5.95 Å². The Kier molecular flexibility index (Phi) is 3.94. The maximum Gasteiger partial charge on any atom is 0.474 e. The Morgan fingerprint density at radius 2 is 1.67 bits per heavy atom. The first-order valence-corrected chi connectivity index (χ1v) is 5.88. The van der Waals surface area contributed by atoms with E-state index in [0.717, 1.165) is 16.6 Å². The SMILES string of the molecule is Cc1cccc(C)c1-c1nc(O)nc(NNC(F)(F)F)n1. The molecule has 0 aliphatic rings. The number of rotatable bonds is 3. The summed E-state index contributed by atoms with van der Waals surface area (Å²) in [5, 5.41) is 9.46. The number of nitrogens with one attached hydrogen (secondary N) is 2. The lowest BCUT2D eigenvalue weighted by atomic mass is 10.0. The van der Waals surface area contributed by atoms with Gasteiger partial charge in [0, 0.05) is 5.56 Å². The van der Waals surface area contributed by atoms with E-state index in [1.165, 1.54) is 0 Å². The molecule has 3 N–H and O–H groups in total. The van der Waals surface area contributed by atoms with Gasteiger partial charge in [-0.15, -0.1) is 5.43 Å². The predicted octanol–water partition coefficient (Wildman–Crippen LogP) is 2.30. The van der Waals surface area contributed by atoms with E-state index in [-0.39, 0.29) is 5.82 Å². The molecule has 1 aromatic carbocycles. The Labute approximate surface area is 118 Å². The molecule has 0 spiro atoms. The maximum atomic E-state index is 12.1. The standard InChI is InChI=1S/C12H12F3N5O/c1-6-4-3-5-7(2)8(6)9-16-10(18-11(21)17-9)19-20-12(13,14)15/h3-5,20H,1-2H3,(H2,16,17,18,19,21). The summed E-state index contributed by atoms with van der Waals surface area (Å²) in [6.45, 7) is 3.62. The summed E-state index contributed by atoms with van der Waals surface area (Å²) >= 11 is 0. The first kappa shape index (κ1) is 15.0. The number of alkyl halides is 3. The summed E-state index contributed by atoms with van der Waals surface area (Å²) in [6, 6.07) is 4.78. The third-order valence-corrected chi connectivity index (χ3v) is 2.64. The first-order valence-electron chi connectivity index (χ1n) is 5.88. The highest BCUT2D eigenvalue weighted by Gasteiger charge is 2.27. The number of aromatic nitrogens is 3. The molecule has 9 heteroatoms. The van der Waals surface area contributed by atoms with Crippen molar-refractivity contribution in [3.8, 4) is 17.4 Å². The van der Waals surface area contributed by atoms with Crippen molar-refractivity contribution in [2.75, 3.05) is 5.43 Å². The van der Waals surface area contributed by atoms with Crippen molar-refractivity contribution >= 4 is 5.95 Å². The molecule has 6 nitrogen and oxygen atoms in total. The van der Waals surface area contributed by atoms with Crippen LogP contribution in [0.25, 0.3) is 11.4 Å². The molecule has 0 aliphatic carbocycles. The Hall–Kier alpha value is -2.42. The van der Waals surface area contributed by atoms with Crippen molar-refractivity contribution in [3.05, 3.63) is 29.3 Å². The third kappa shape index (κ3) is 3.78. The van der Waals surface area contributed by atoms with E-state index in [9.17, 15) is 18.3 Å². The van der Waals surface area contributed by atoms with Gasteiger partial charge in [0.05, 0.1) is 0 Å². The summed E-state index contributed by atoms with van der Waals surface area (Å²) in [4.78, 5) is 11.0. The van der Waals surface area contributed by atoms with Gasteiger partial charge < -0.3 is 5.11 Å². The van der Waals surface area contributed by atoms with Crippen LogP contribution in [-0.4, -0.2) is 26.4 Å². The normalized spacial score (nSPS) is 11.5. The fourth-order valence-corrected chi connectivity index (χ4v) is 1.83. The third-order valence-electron chi connectivity index (χ3n) is 2.64. The lowest BCUT2D eigenvalue weighted by Gasteiger charge is -2.12. The quantitative estimate of drug-likeness (QED) is 0.596. The van der Waals surface area contributed by atoms with Crippen molar-refractivity contribution in [1.29, 1.82) is 0 Å². The smallest absolute Gasteiger partial charge is 0.474 e. The molecule has 0 fully saturated rings. The number of nitrogens with zero attached hydrogens (tertiary/aromatic N) is 3. The molecule has 0 unspecified atom stereocenters. The highest BCUT2D eigenvalue weighted by atomic mass is 19.4. The van der Waals surface area contributed by atoms with Gasteiger partial charge in [-0.3, -0.25) is 5.43 Å². The number of halogens is 3. The summed E-state index contributed by atoms with van der Waals surface area (Å²) in [5.41, 5.74) is 5.12. The van der Waals surface area contributed by atoms with Crippen molar-refractivity contribution in [3.63, 3.8) is 0 Å². The second-order valence-corrected chi connectivity index (χ2v) is 4.30. The Balaban J connectivity index is 2.39. The van der Waals surface area contributed by atoms with Gasteiger partial charge in [-0.1, -0.05) is 18.2 Å². The zero-order valence-corrected chi connectivity index (χ0v) is 11.2. The van der Waals surface area contributed by atoms with Crippen LogP contribution in [-0.2, 0) is 0 Å². The molecule has 112 valence electrons. The number of aromatic hydroxyl groups is 1. The molecule has 1 heterocycles. The van der Waals surface area contributed by atoms with Crippen LogP contribution in [0, 0.1) is 13.8 Å². The first-order chi connectivity index (χ1) is 9.76. The van der Waals surface area contributed by atoms with E-state index in [1.807, 2.05) is 32.0 Å². The molecule has 0 bridgehead atoms. The van der Waals surface area contributed by atoms with E-state index >= 15 is 0 Å². The summed E-state index contributed by atoms with van der Waals surface area (Å²) < 4.78 is 36.3. The largest absolute Gasteiger partial charge is 0.479 e. The van der Waals surface area contributed by atoms with E-state index in [2.05, 4.69) is 15.0 Å². The van der Waals surface area contributed by atoms with E-state index in [1.54, 1.807) is 5.43 Å². The van der Waals surface area contributed by atoms with E-state index < -0.39 is 18.3 Å². The summed E-state index contributed by atoms with van der Waals surface area (Å²) in [7, 11) is 0. The van der Waals surface area contributed by atoms with Gasteiger partial charge in [0.1, 0.15) is 0 Å². The molecule has 0 atom stereocenters. The van der Waals surface area contributed by atoms with Gasteiger partial charge in [0.15, 0.2) is 5.82 Å². The number of hydrogen-bond donors (Lipinski definition) is 3. The number of anilines is 1. The van der Waals surface area contributed by atoms with Crippen molar-refractivity contribution in [2.24, 2.45) is 0 Å². The topological polar surface area (TPSA) is 83.0 Å². The molecule has 0 saturated heterocycles. The second-order valence-electron chi connectivity index (χ2n) is 4.30. The molecule has 0 amide bonds. The van der Waals surface area contributed by atoms with Crippen LogP contribution in [0.4, 0.5) is 19.1 Å². The molecular formula is C12H12F3N5O. The fraction of sp³-hybridized carbons (Fsp3) is 0.250. The highest BCUT2D eigenvalue weighted by molar-refractivity contribution is 5.65. The molecule has 0 radical (unpaired) electrons. The number of aryl methyl sites for hydroxylation is 2. The Morgan fingerprint density at radius 3 is 2.24 bits per heavy atom. The number of hydrogen-bond acceptors (Lipinski definition) is 6. The van der Waals surface area contributed by atoms with Crippen LogP contribution in [0.15, 0.2) is 18.2 Å². The van der Waals surface area contributed by atoms with Crippen molar-refractivity contribution < 1.29 is 18.3 Å². The minimum absolute atomic E-state index is 0.0876. The van der Waals surface area contributed by atoms with Crippen molar-refractivity contribution in [1.82, 2.24) is 20.4 Å². The van der Waals surface area contributed by atoms with Gasteiger partial charge in [-0.25, -0.2) is 0 Å². The summed E-state index contributed by atoms with van der Waals surface area (Å²) in [5.74, 6) is -0.345. The molecular weight excluding hydrogens is 287 g/mol. The average molecular weight is 299 g/mol. The van der Waals surface area contributed by atoms with Gasteiger partial charge in [0.25, 0.3) is 0 Å². The molecule has 1 aromatic heterocycles. The molecule has 2 rings (SSSR count). The zero-order chi connectivity index (χ0) is 15.6. The molecule has 0 aliphatic heterocycles. The highest BCUT2D eigenvalue weighted by Crippen LogP contribution is 2.25. The average Bonchev–Trinajstić information content (AvgIpc) is 2.35. The predicted molar refractivity (Wildman–Crippen MR) is 69.2 cm³/mol. The maximum absolute atomic E-state index is 12.1. The van der Waals surface area contributed by atoms with Crippen LogP contribution >= 0.6 is 0 Å². The summed E-state index contributed by atoms with van der Waals surface area (Å²) in [6.07, 6.45) is -4.65. The van der Waals surface area contributed by atoms with Crippen LogP contribution in [0.2, 0.25) is 0 Å². The van der Waals surface area contributed by atoms with E-state index in [0.29, 0.717) is 5.56 Å². The van der Waals surface area contributed by atoms with Gasteiger partial charge >= 0.3 is 12.3 Å². The van der Waals surface area contributed by atoms with E-state index in [4.69, 9.17) is 0 Å². The lowest BCUT2D eigenvalue weighted by molar-refractivity contribution is -0.151. The van der Waals surface area contributed by atoms with Crippen LogP contribution < -0.4 is 10.9 Å².